The number of carbonyl (C=O) groups is 1. The first-order valence-corrected chi connectivity index (χ1v) is 9.59. The van der Waals surface area contributed by atoms with Gasteiger partial charge in [0.25, 0.3) is 0 Å². The van der Waals surface area contributed by atoms with Crippen LogP contribution < -0.4 is 10.1 Å². The van der Waals surface area contributed by atoms with E-state index >= 15 is 0 Å². The Kier molecular flexibility index (Phi) is 4.81. The van der Waals surface area contributed by atoms with Crippen LogP contribution >= 0.6 is 0 Å². The minimum atomic E-state index is -0.818. The molecule has 0 radical (unpaired) electrons. The van der Waals surface area contributed by atoms with Crippen LogP contribution in [0.2, 0.25) is 0 Å². The standard InChI is InChI=1S/C23H22N4O2/c1-23(21-14-25-15-27(21)2)18-10-9-17(13-24)20(12-18)29-19-7-3-5-16(11-19)6-4-8-22(28)26-23/h3,5,7,9-12,14-15H,4,6,8H2,1-2H3,(H,26,28). The lowest BCUT2D eigenvalue weighted by Gasteiger charge is -2.32. The van der Waals surface area contributed by atoms with Crippen LogP contribution in [0.3, 0.4) is 0 Å². The number of hydrogen-bond acceptors (Lipinski definition) is 4. The third-order valence-electron chi connectivity index (χ3n) is 5.39. The van der Waals surface area contributed by atoms with Crippen LogP contribution in [0, 0.1) is 11.3 Å². The van der Waals surface area contributed by atoms with Crippen LogP contribution in [0.15, 0.2) is 55.0 Å². The maximum atomic E-state index is 12.8. The van der Waals surface area contributed by atoms with E-state index in [2.05, 4.69) is 16.4 Å². The maximum absolute atomic E-state index is 12.8. The molecule has 6 heteroatoms. The number of nitrogens with zero attached hydrogens (tertiary/aromatic N) is 3. The predicted molar refractivity (Wildman–Crippen MR) is 108 cm³/mol. The molecule has 2 heterocycles. The molecule has 2 aromatic carbocycles. The van der Waals surface area contributed by atoms with E-state index in [4.69, 9.17) is 4.74 Å². The Morgan fingerprint density at radius 1 is 1.24 bits per heavy atom. The number of aryl methyl sites for hydroxylation is 2. The minimum absolute atomic E-state index is 0.0315. The van der Waals surface area contributed by atoms with E-state index in [1.54, 1.807) is 18.6 Å². The zero-order chi connectivity index (χ0) is 20.4. The number of rotatable bonds is 1. The van der Waals surface area contributed by atoms with Crippen molar-refractivity contribution in [1.82, 2.24) is 14.9 Å². The van der Waals surface area contributed by atoms with E-state index in [1.807, 2.05) is 54.9 Å². The highest BCUT2D eigenvalue weighted by atomic mass is 16.5. The first-order chi connectivity index (χ1) is 14.0. The van der Waals surface area contributed by atoms with Crippen molar-refractivity contribution in [2.45, 2.75) is 31.7 Å². The molecule has 1 aliphatic heterocycles. The fraction of sp³-hybridized carbons (Fsp3) is 0.261. The van der Waals surface area contributed by atoms with Crippen LogP contribution in [0.25, 0.3) is 0 Å². The molecule has 29 heavy (non-hydrogen) atoms. The summed E-state index contributed by atoms with van der Waals surface area (Å²) in [5.41, 5.74) is 2.38. The number of nitriles is 1. The van der Waals surface area contributed by atoms with E-state index in [-0.39, 0.29) is 5.91 Å². The molecule has 0 fully saturated rings. The van der Waals surface area contributed by atoms with Gasteiger partial charge in [0.1, 0.15) is 23.1 Å². The highest BCUT2D eigenvalue weighted by Gasteiger charge is 2.34. The van der Waals surface area contributed by atoms with Crippen molar-refractivity contribution in [3.63, 3.8) is 0 Å². The average molecular weight is 386 g/mol. The summed E-state index contributed by atoms with van der Waals surface area (Å²) in [7, 11) is 1.90. The summed E-state index contributed by atoms with van der Waals surface area (Å²) >= 11 is 0. The fourth-order valence-corrected chi connectivity index (χ4v) is 3.82. The quantitative estimate of drug-likeness (QED) is 0.690. The molecule has 0 saturated heterocycles. The second-order valence-electron chi connectivity index (χ2n) is 7.49. The van der Waals surface area contributed by atoms with Crippen molar-refractivity contribution in [2.75, 3.05) is 0 Å². The molecule has 1 unspecified atom stereocenters. The summed E-state index contributed by atoms with van der Waals surface area (Å²) in [5.74, 6) is 1.11. The first-order valence-electron chi connectivity index (χ1n) is 9.59. The van der Waals surface area contributed by atoms with Gasteiger partial charge in [-0.25, -0.2) is 4.98 Å². The molecule has 1 atom stereocenters. The number of carbonyl (C=O) groups excluding carboxylic acids is 1. The second kappa shape index (κ2) is 7.44. The third-order valence-corrected chi connectivity index (χ3v) is 5.39. The van der Waals surface area contributed by atoms with Crippen molar-refractivity contribution in [3.8, 4) is 17.6 Å². The van der Waals surface area contributed by atoms with Gasteiger partial charge in [0.15, 0.2) is 0 Å². The Morgan fingerprint density at radius 3 is 2.86 bits per heavy atom. The van der Waals surface area contributed by atoms with Gasteiger partial charge in [-0.3, -0.25) is 4.79 Å². The van der Waals surface area contributed by atoms with Gasteiger partial charge in [-0.15, -0.1) is 0 Å². The largest absolute Gasteiger partial charge is 0.456 e. The van der Waals surface area contributed by atoms with Crippen LogP contribution in [0.4, 0.5) is 0 Å². The maximum Gasteiger partial charge on any atom is 0.221 e. The molecular formula is C23H22N4O2. The number of amides is 1. The molecule has 0 spiro atoms. The van der Waals surface area contributed by atoms with Crippen molar-refractivity contribution >= 4 is 5.91 Å². The second-order valence-corrected chi connectivity index (χ2v) is 7.49. The van der Waals surface area contributed by atoms with Crippen LogP contribution in [0.5, 0.6) is 11.5 Å². The Labute approximate surface area is 169 Å². The molecule has 1 aliphatic rings. The van der Waals surface area contributed by atoms with Crippen molar-refractivity contribution in [2.24, 2.45) is 7.05 Å². The lowest BCUT2D eigenvalue weighted by molar-refractivity contribution is -0.122. The third kappa shape index (κ3) is 3.59. The van der Waals surface area contributed by atoms with Crippen molar-refractivity contribution in [1.29, 1.82) is 5.26 Å². The topological polar surface area (TPSA) is 79.9 Å². The number of hydrogen-bond donors (Lipinski definition) is 1. The molecule has 4 rings (SSSR count). The fourth-order valence-electron chi connectivity index (χ4n) is 3.82. The molecule has 146 valence electrons. The summed E-state index contributed by atoms with van der Waals surface area (Å²) < 4.78 is 7.99. The summed E-state index contributed by atoms with van der Waals surface area (Å²) in [5, 5.41) is 12.8. The van der Waals surface area contributed by atoms with E-state index in [0.29, 0.717) is 23.5 Å². The number of fused-ring (bicyclic) bond motifs is 4. The van der Waals surface area contributed by atoms with Crippen molar-refractivity contribution < 1.29 is 9.53 Å². The molecule has 3 aromatic rings. The number of benzene rings is 2. The highest BCUT2D eigenvalue weighted by molar-refractivity contribution is 5.77. The Morgan fingerprint density at radius 2 is 2.10 bits per heavy atom. The predicted octanol–water partition coefficient (Wildman–Crippen LogP) is 3.80. The summed E-state index contributed by atoms with van der Waals surface area (Å²) in [4.78, 5) is 17.1. The number of ether oxygens (including phenoxy) is 1. The summed E-state index contributed by atoms with van der Waals surface area (Å²) in [6.45, 7) is 1.95. The van der Waals surface area contributed by atoms with Gasteiger partial charge in [-0.1, -0.05) is 18.2 Å². The molecule has 0 saturated carbocycles. The lowest BCUT2D eigenvalue weighted by Crippen LogP contribution is -2.45. The minimum Gasteiger partial charge on any atom is -0.456 e. The van der Waals surface area contributed by atoms with E-state index in [9.17, 15) is 10.1 Å². The number of nitrogens with one attached hydrogen (secondary N) is 1. The number of aromatic nitrogens is 2. The first kappa shape index (κ1) is 18.8. The van der Waals surface area contributed by atoms with Crippen molar-refractivity contribution in [3.05, 3.63) is 77.4 Å². The van der Waals surface area contributed by atoms with Gasteiger partial charge in [-0.05, 0) is 55.2 Å². The number of imidazole rings is 1. The van der Waals surface area contributed by atoms with Crippen LogP contribution in [-0.2, 0) is 23.8 Å². The normalized spacial score (nSPS) is 19.0. The van der Waals surface area contributed by atoms with Gasteiger partial charge in [0.2, 0.25) is 5.91 Å². The molecule has 4 bridgehead atoms. The summed E-state index contributed by atoms with van der Waals surface area (Å²) in [6.07, 6.45) is 5.38. The van der Waals surface area contributed by atoms with E-state index < -0.39 is 5.54 Å². The zero-order valence-corrected chi connectivity index (χ0v) is 16.5. The zero-order valence-electron chi connectivity index (χ0n) is 16.5. The van der Waals surface area contributed by atoms with E-state index in [1.165, 1.54) is 0 Å². The van der Waals surface area contributed by atoms with Crippen LogP contribution in [-0.4, -0.2) is 15.5 Å². The van der Waals surface area contributed by atoms with E-state index in [0.717, 1.165) is 29.7 Å². The highest BCUT2D eigenvalue weighted by Crippen LogP contribution is 2.35. The molecule has 0 aliphatic carbocycles. The lowest BCUT2D eigenvalue weighted by atomic mass is 9.87. The Hall–Kier alpha value is -3.59. The van der Waals surface area contributed by atoms with Gasteiger partial charge < -0.3 is 14.6 Å². The van der Waals surface area contributed by atoms with Gasteiger partial charge in [0.05, 0.1) is 23.8 Å². The molecule has 1 amide bonds. The monoisotopic (exact) mass is 386 g/mol. The molecule has 6 nitrogen and oxygen atoms in total. The smallest absolute Gasteiger partial charge is 0.221 e. The average Bonchev–Trinajstić information content (AvgIpc) is 3.14. The SMILES string of the molecule is Cn1cncc1C1(C)NC(=O)CCCc2cccc(c2)Oc2cc1ccc2C#N. The Balaban J connectivity index is 1.89. The van der Waals surface area contributed by atoms with Gasteiger partial charge >= 0.3 is 0 Å². The molecule has 1 N–H and O–H groups in total. The van der Waals surface area contributed by atoms with Gasteiger partial charge in [-0.2, -0.15) is 5.26 Å². The Bertz CT molecular complexity index is 1110. The van der Waals surface area contributed by atoms with Gasteiger partial charge in [0, 0.05) is 13.5 Å². The molecular weight excluding hydrogens is 364 g/mol. The summed E-state index contributed by atoms with van der Waals surface area (Å²) in [6, 6.07) is 15.4. The molecule has 1 aromatic heterocycles. The van der Waals surface area contributed by atoms with Crippen LogP contribution in [0.1, 0.15) is 42.1 Å².